The Bertz CT molecular complexity index is 932. The minimum Gasteiger partial charge on any atom is -0.443 e. The summed E-state index contributed by atoms with van der Waals surface area (Å²) in [5, 5.41) is 0. The topological polar surface area (TPSA) is 72.4 Å². The third kappa shape index (κ3) is 3.63. The molecule has 2 aromatic heterocycles. The van der Waals surface area contributed by atoms with Gasteiger partial charge in [-0.2, -0.15) is 0 Å². The Hall–Kier alpha value is -2.96. The van der Waals surface area contributed by atoms with Crippen molar-refractivity contribution in [1.82, 2.24) is 14.9 Å². The summed E-state index contributed by atoms with van der Waals surface area (Å²) in [4.78, 5) is 23.1. The van der Waals surface area contributed by atoms with E-state index in [0.717, 1.165) is 24.8 Å². The van der Waals surface area contributed by atoms with Gasteiger partial charge >= 0.3 is 0 Å². The first-order valence-corrected chi connectivity index (χ1v) is 9.02. The van der Waals surface area contributed by atoms with Crippen LogP contribution in [0, 0.1) is 12.7 Å². The average molecular weight is 369 g/mol. The van der Waals surface area contributed by atoms with Gasteiger partial charge in [-0.1, -0.05) is 12.1 Å². The SMILES string of the molecule is Cc1ncoc1C(=O)N1CCCC[C@@H]1c1ncc(Cc2ccc(F)cc2)o1. The number of aromatic nitrogens is 2. The summed E-state index contributed by atoms with van der Waals surface area (Å²) in [6.45, 7) is 2.38. The number of piperidine rings is 1. The van der Waals surface area contributed by atoms with Crippen LogP contribution in [0.15, 0.2) is 45.7 Å². The molecule has 1 fully saturated rings. The minimum atomic E-state index is -0.268. The monoisotopic (exact) mass is 369 g/mol. The van der Waals surface area contributed by atoms with Crippen molar-refractivity contribution in [2.45, 2.75) is 38.6 Å². The Kier molecular flexibility index (Phi) is 4.75. The molecule has 140 valence electrons. The summed E-state index contributed by atoms with van der Waals surface area (Å²) >= 11 is 0. The summed E-state index contributed by atoms with van der Waals surface area (Å²) < 4.78 is 24.3. The molecule has 1 atom stereocenters. The minimum absolute atomic E-state index is 0.187. The molecule has 7 heteroatoms. The number of hydrogen-bond donors (Lipinski definition) is 0. The highest BCUT2D eigenvalue weighted by atomic mass is 19.1. The highest BCUT2D eigenvalue weighted by molar-refractivity contribution is 5.92. The summed E-state index contributed by atoms with van der Waals surface area (Å²) in [6, 6.07) is 6.07. The maximum atomic E-state index is 13.1. The molecule has 1 aliphatic rings. The van der Waals surface area contributed by atoms with Gasteiger partial charge in [-0.25, -0.2) is 14.4 Å². The molecule has 0 radical (unpaired) electrons. The number of hydrogen-bond acceptors (Lipinski definition) is 5. The van der Waals surface area contributed by atoms with Gasteiger partial charge in [0.1, 0.15) is 17.6 Å². The van der Waals surface area contributed by atoms with Gasteiger partial charge in [0, 0.05) is 13.0 Å². The van der Waals surface area contributed by atoms with Crippen LogP contribution in [-0.4, -0.2) is 27.3 Å². The van der Waals surface area contributed by atoms with E-state index in [-0.39, 0.29) is 23.5 Å². The number of likely N-dealkylation sites (tertiary alicyclic amines) is 1. The lowest BCUT2D eigenvalue weighted by Gasteiger charge is -2.33. The van der Waals surface area contributed by atoms with E-state index < -0.39 is 0 Å². The van der Waals surface area contributed by atoms with E-state index in [9.17, 15) is 9.18 Å². The second-order valence-electron chi connectivity index (χ2n) is 6.75. The zero-order valence-corrected chi connectivity index (χ0v) is 15.0. The van der Waals surface area contributed by atoms with Gasteiger partial charge in [0.05, 0.1) is 11.9 Å². The quantitative estimate of drug-likeness (QED) is 0.693. The molecule has 0 saturated carbocycles. The lowest BCUT2D eigenvalue weighted by molar-refractivity contribution is 0.0537. The van der Waals surface area contributed by atoms with Crippen molar-refractivity contribution in [1.29, 1.82) is 0 Å². The average Bonchev–Trinajstić information content (AvgIpc) is 3.32. The first kappa shape index (κ1) is 17.5. The summed E-state index contributed by atoms with van der Waals surface area (Å²) in [5.74, 6) is 1.02. The molecule has 0 aliphatic carbocycles. The number of amides is 1. The molecule has 4 rings (SSSR count). The van der Waals surface area contributed by atoms with Gasteiger partial charge in [-0.15, -0.1) is 0 Å². The van der Waals surface area contributed by atoms with Gasteiger partial charge in [0.15, 0.2) is 6.39 Å². The van der Waals surface area contributed by atoms with Crippen molar-refractivity contribution in [3.8, 4) is 0 Å². The molecule has 0 unspecified atom stereocenters. The van der Waals surface area contributed by atoms with Crippen molar-refractivity contribution >= 4 is 5.91 Å². The van der Waals surface area contributed by atoms with Crippen LogP contribution in [-0.2, 0) is 6.42 Å². The Morgan fingerprint density at radius 1 is 1.26 bits per heavy atom. The van der Waals surface area contributed by atoms with Crippen molar-refractivity contribution < 1.29 is 18.0 Å². The number of carbonyl (C=O) groups is 1. The summed E-state index contributed by atoms with van der Waals surface area (Å²) in [6.07, 6.45) is 6.20. The number of halogens is 1. The van der Waals surface area contributed by atoms with Crippen LogP contribution >= 0.6 is 0 Å². The number of nitrogens with zero attached hydrogens (tertiary/aromatic N) is 3. The summed E-state index contributed by atoms with van der Waals surface area (Å²) in [7, 11) is 0. The van der Waals surface area contributed by atoms with Crippen molar-refractivity contribution in [3.63, 3.8) is 0 Å². The van der Waals surface area contributed by atoms with E-state index in [4.69, 9.17) is 8.83 Å². The van der Waals surface area contributed by atoms with E-state index in [2.05, 4.69) is 9.97 Å². The number of rotatable bonds is 4. The maximum Gasteiger partial charge on any atom is 0.292 e. The van der Waals surface area contributed by atoms with Crippen LogP contribution in [0.5, 0.6) is 0 Å². The van der Waals surface area contributed by atoms with Crippen LogP contribution in [0.25, 0.3) is 0 Å². The predicted molar refractivity (Wildman–Crippen MR) is 94.6 cm³/mol. The smallest absolute Gasteiger partial charge is 0.292 e. The van der Waals surface area contributed by atoms with Gasteiger partial charge in [0.25, 0.3) is 5.91 Å². The van der Waals surface area contributed by atoms with E-state index in [1.54, 1.807) is 30.2 Å². The molecule has 1 saturated heterocycles. The van der Waals surface area contributed by atoms with E-state index in [1.165, 1.54) is 18.5 Å². The molecular weight excluding hydrogens is 349 g/mol. The van der Waals surface area contributed by atoms with Gasteiger partial charge in [-0.05, 0) is 43.9 Å². The van der Waals surface area contributed by atoms with Crippen molar-refractivity contribution in [2.24, 2.45) is 0 Å². The highest BCUT2D eigenvalue weighted by Crippen LogP contribution is 2.32. The molecule has 1 aliphatic heterocycles. The Balaban J connectivity index is 1.54. The van der Waals surface area contributed by atoms with Crippen LogP contribution in [0.3, 0.4) is 0 Å². The van der Waals surface area contributed by atoms with E-state index in [0.29, 0.717) is 30.3 Å². The number of carbonyl (C=O) groups excluding carboxylic acids is 1. The van der Waals surface area contributed by atoms with Crippen molar-refractivity contribution in [3.05, 3.63) is 71.3 Å². The Labute approximate surface area is 156 Å². The second-order valence-corrected chi connectivity index (χ2v) is 6.75. The third-order valence-electron chi connectivity index (χ3n) is 4.85. The third-order valence-corrected chi connectivity index (χ3v) is 4.85. The number of oxazole rings is 2. The fraction of sp³-hybridized carbons (Fsp3) is 0.350. The van der Waals surface area contributed by atoms with Gasteiger partial charge in [-0.3, -0.25) is 4.79 Å². The zero-order chi connectivity index (χ0) is 18.8. The Morgan fingerprint density at radius 2 is 2.07 bits per heavy atom. The van der Waals surface area contributed by atoms with E-state index >= 15 is 0 Å². The largest absolute Gasteiger partial charge is 0.443 e. The van der Waals surface area contributed by atoms with E-state index in [1.807, 2.05) is 0 Å². The van der Waals surface area contributed by atoms with Crippen LogP contribution < -0.4 is 0 Å². The van der Waals surface area contributed by atoms with Crippen molar-refractivity contribution in [2.75, 3.05) is 6.54 Å². The zero-order valence-electron chi connectivity index (χ0n) is 15.0. The fourth-order valence-electron chi connectivity index (χ4n) is 3.43. The fourth-order valence-corrected chi connectivity index (χ4v) is 3.43. The number of benzene rings is 1. The normalized spacial score (nSPS) is 17.3. The molecule has 0 spiro atoms. The van der Waals surface area contributed by atoms with Gasteiger partial charge < -0.3 is 13.7 Å². The highest BCUT2D eigenvalue weighted by Gasteiger charge is 2.34. The molecule has 3 heterocycles. The lowest BCUT2D eigenvalue weighted by Crippen LogP contribution is -2.38. The molecule has 6 nitrogen and oxygen atoms in total. The molecule has 27 heavy (non-hydrogen) atoms. The van der Waals surface area contributed by atoms with Crippen LogP contribution in [0.1, 0.15) is 58.8 Å². The maximum absolute atomic E-state index is 13.1. The number of aryl methyl sites for hydroxylation is 1. The molecule has 3 aromatic rings. The first-order valence-electron chi connectivity index (χ1n) is 9.02. The van der Waals surface area contributed by atoms with Crippen LogP contribution in [0.2, 0.25) is 0 Å². The first-order chi connectivity index (χ1) is 13.1. The van der Waals surface area contributed by atoms with Crippen LogP contribution in [0.4, 0.5) is 4.39 Å². The standard InChI is InChI=1S/C20H20FN3O3/c1-13-18(26-12-23-13)20(25)24-9-3-2-4-17(24)19-22-11-16(27-19)10-14-5-7-15(21)8-6-14/h5-8,11-12,17H,2-4,9-10H2,1H3/t17-/m1/s1. The molecule has 0 N–H and O–H groups in total. The summed E-state index contributed by atoms with van der Waals surface area (Å²) in [5.41, 5.74) is 1.52. The molecule has 1 amide bonds. The molecular formula is C20H20FN3O3. The predicted octanol–water partition coefficient (Wildman–Crippen LogP) is 4.07. The molecule has 1 aromatic carbocycles. The molecule has 0 bridgehead atoms. The van der Waals surface area contributed by atoms with Gasteiger partial charge in [0.2, 0.25) is 11.7 Å². The second kappa shape index (κ2) is 7.34. The lowest BCUT2D eigenvalue weighted by atomic mass is 10.0. The Morgan fingerprint density at radius 3 is 2.81 bits per heavy atom.